The van der Waals surface area contributed by atoms with E-state index in [-0.39, 0.29) is 12.5 Å². The number of anilines is 1. The fraction of sp³-hybridized carbons (Fsp3) is 0.350. The predicted molar refractivity (Wildman–Crippen MR) is 107 cm³/mol. The lowest BCUT2D eigenvalue weighted by molar-refractivity contribution is -0.133. The van der Waals surface area contributed by atoms with Crippen LogP contribution in [0.5, 0.6) is 5.75 Å². The summed E-state index contributed by atoms with van der Waals surface area (Å²) in [6, 6.07) is 11.5. The highest BCUT2D eigenvalue weighted by atomic mass is 35.5. The van der Waals surface area contributed by atoms with Crippen molar-refractivity contribution in [2.45, 2.75) is 13.8 Å². The van der Waals surface area contributed by atoms with Gasteiger partial charge in [-0.15, -0.1) is 0 Å². The summed E-state index contributed by atoms with van der Waals surface area (Å²) < 4.78 is 5.68. The molecule has 3 rings (SSSR count). The van der Waals surface area contributed by atoms with E-state index in [1.165, 1.54) is 0 Å². The van der Waals surface area contributed by atoms with E-state index in [9.17, 15) is 4.79 Å². The molecule has 6 heteroatoms. The SMILES string of the molecule is Cc1cc(OCC(=O)N2CCN(c3cccc(Cl)c3)CC2)cc(C)c1Cl. The van der Waals surface area contributed by atoms with Crippen molar-refractivity contribution in [1.82, 2.24) is 4.90 Å². The first kappa shape index (κ1) is 18.9. The van der Waals surface area contributed by atoms with Crippen molar-refractivity contribution in [3.63, 3.8) is 0 Å². The van der Waals surface area contributed by atoms with Crippen LogP contribution in [0.15, 0.2) is 36.4 Å². The number of piperazine rings is 1. The van der Waals surface area contributed by atoms with Gasteiger partial charge in [-0.3, -0.25) is 4.79 Å². The number of rotatable bonds is 4. The molecule has 0 saturated carbocycles. The molecule has 0 aliphatic carbocycles. The molecular weight excluding hydrogens is 371 g/mol. The smallest absolute Gasteiger partial charge is 0.260 e. The number of hydrogen-bond donors (Lipinski definition) is 0. The van der Waals surface area contributed by atoms with E-state index < -0.39 is 0 Å². The number of aryl methyl sites for hydroxylation is 2. The van der Waals surface area contributed by atoms with Crippen LogP contribution in [-0.2, 0) is 4.79 Å². The number of halogens is 2. The third kappa shape index (κ3) is 4.43. The van der Waals surface area contributed by atoms with Crippen molar-refractivity contribution in [2.75, 3.05) is 37.7 Å². The summed E-state index contributed by atoms with van der Waals surface area (Å²) in [5, 5.41) is 1.46. The maximum Gasteiger partial charge on any atom is 0.260 e. The van der Waals surface area contributed by atoms with Crippen molar-refractivity contribution in [3.8, 4) is 5.75 Å². The van der Waals surface area contributed by atoms with Crippen LogP contribution in [0.2, 0.25) is 10.0 Å². The van der Waals surface area contributed by atoms with E-state index in [0.29, 0.717) is 18.8 Å². The first-order chi connectivity index (χ1) is 12.4. The lowest BCUT2D eigenvalue weighted by atomic mass is 10.1. The van der Waals surface area contributed by atoms with Gasteiger partial charge in [-0.2, -0.15) is 0 Å². The number of hydrogen-bond acceptors (Lipinski definition) is 3. The van der Waals surface area contributed by atoms with Crippen molar-refractivity contribution in [1.29, 1.82) is 0 Å². The zero-order valence-electron chi connectivity index (χ0n) is 15.0. The highest BCUT2D eigenvalue weighted by Gasteiger charge is 2.21. The van der Waals surface area contributed by atoms with Crippen LogP contribution >= 0.6 is 23.2 Å². The zero-order chi connectivity index (χ0) is 18.7. The van der Waals surface area contributed by atoms with Gasteiger partial charge in [-0.1, -0.05) is 29.3 Å². The Kier molecular flexibility index (Phi) is 5.94. The molecule has 1 aliphatic heterocycles. The standard InChI is InChI=1S/C20H22Cl2N2O2/c1-14-10-18(11-15(2)20(14)22)26-13-19(25)24-8-6-23(7-9-24)17-5-3-4-16(21)12-17/h3-5,10-12H,6-9,13H2,1-2H3. The molecule has 0 atom stereocenters. The van der Waals surface area contributed by atoms with E-state index in [0.717, 1.165) is 39.9 Å². The summed E-state index contributed by atoms with van der Waals surface area (Å²) in [5.74, 6) is 0.677. The Balaban J connectivity index is 1.52. The van der Waals surface area contributed by atoms with E-state index in [4.69, 9.17) is 27.9 Å². The molecule has 4 nitrogen and oxygen atoms in total. The summed E-state index contributed by atoms with van der Waals surface area (Å²) in [5.41, 5.74) is 2.99. The molecule has 0 radical (unpaired) electrons. The highest BCUT2D eigenvalue weighted by molar-refractivity contribution is 6.32. The van der Waals surface area contributed by atoms with Crippen molar-refractivity contribution in [3.05, 3.63) is 57.6 Å². The molecule has 26 heavy (non-hydrogen) atoms. The molecule has 1 fully saturated rings. The van der Waals surface area contributed by atoms with Crippen LogP contribution in [0.25, 0.3) is 0 Å². The van der Waals surface area contributed by atoms with Crippen LogP contribution in [0.4, 0.5) is 5.69 Å². The van der Waals surface area contributed by atoms with E-state index in [2.05, 4.69) is 4.90 Å². The Labute approximate surface area is 164 Å². The van der Waals surface area contributed by atoms with E-state index >= 15 is 0 Å². The van der Waals surface area contributed by atoms with Gasteiger partial charge >= 0.3 is 0 Å². The molecule has 2 aromatic carbocycles. The largest absolute Gasteiger partial charge is 0.484 e. The maximum absolute atomic E-state index is 12.4. The van der Waals surface area contributed by atoms with Crippen LogP contribution < -0.4 is 9.64 Å². The van der Waals surface area contributed by atoms with Crippen molar-refractivity contribution < 1.29 is 9.53 Å². The summed E-state index contributed by atoms with van der Waals surface area (Å²) in [6.07, 6.45) is 0. The molecule has 2 aromatic rings. The maximum atomic E-state index is 12.4. The molecule has 0 spiro atoms. The Bertz CT molecular complexity index is 779. The molecule has 0 unspecified atom stereocenters. The second-order valence-electron chi connectivity index (χ2n) is 6.51. The van der Waals surface area contributed by atoms with Gasteiger partial charge < -0.3 is 14.5 Å². The molecule has 0 aromatic heterocycles. The second kappa shape index (κ2) is 8.19. The second-order valence-corrected chi connectivity index (χ2v) is 7.32. The fourth-order valence-corrected chi connectivity index (χ4v) is 3.41. The van der Waals surface area contributed by atoms with Gasteiger partial charge in [0, 0.05) is 41.9 Å². The van der Waals surface area contributed by atoms with Crippen LogP contribution in [0.1, 0.15) is 11.1 Å². The Morgan fingerprint density at radius 3 is 2.31 bits per heavy atom. The lowest BCUT2D eigenvalue weighted by Gasteiger charge is -2.36. The molecule has 0 bridgehead atoms. The number of nitrogens with zero attached hydrogens (tertiary/aromatic N) is 2. The Morgan fingerprint density at radius 2 is 1.69 bits per heavy atom. The predicted octanol–water partition coefficient (Wildman–Crippen LogP) is 4.34. The molecule has 1 heterocycles. The lowest BCUT2D eigenvalue weighted by Crippen LogP contribution is -2.50. The number of ether oxygens (including phenoxy) is 1. The number of benzene rings is 2. The molecule has 138 valence electrons. The van der Waals surface area contributed by atoms with Crippen molar-refractivity contribution >= 4 is 34.8 Å². The van der Waals surface area contributed by atoms with Gasteiger partial charge in [0.15, 0.2) is 6.61 Å². The molecule has 1 aliphatic rings. The number of carbonyl (C=O) groups is 1. The molecular formula is C20H22Cl2N2O2. The molecule has 1 amide bonds. The van der Waals surface area contributed by atoms with Gasteiger partial charge in [0.2, 0.25) is 0 Å². The minimum absolute atomic E-state index is 0.000926. The van der Waals surface area contributed by atoms with E-state index in [1.54, 1.807) is 0 Å². The highest BCUT2D eigenvalue weighted by Crippen LogP contribution is 2.26. The normalized spacial score (nSPS) is 14.5. The van der Waals surface area contributed by atoms with Gasteiger partial charge in [-0.05, 0) is 55.3 Å². The molecule has 1 saturated heterocycles. The summed E-state index contributed by atoms with van der Waals surface area (Å²) in [4.78, 5) is 16.5. The van der Waals surface area contributed by atoms with Gasteiger partial charge in [0.25, 0.3) is 5.91 Å². The summed E-state index contributed by atoms with van der Waals surface area (Å²) in [7, 11) is 0. The fourth-order valence-electron chi connectivity index (χ4n) is 3.11. The third-order valence-corrected chi connectivity index (χ3v) is 5.41. The summed E-state index contributed by atoms with van der Waals surface area (Å²) >= 11 is 12.2. The molecule has 0 N–H and O–H groups in total. The van der Waals surface area contributed by atoms with Gasteiger partial charge in [0.1, 0.15) is 5.75 Å². The minimum Gasteiger partial charge on any atom is -0.484 e. The Hall–Kier alpha value is -1.91. The quantitative estimate of drug-likeness (QED) is 0.775. The average Bonchev–Trinajstić information content (AvgIpc) is 2.64. The van der Waals surface area contributed by atoms with E-state index in [1.807, 2.05) is 55.1 Å². The first-order valence-corrected chi connectivity index (χ1v) is 9.37. The Morgan fingerprint density at radius 1 is 1.04 bits per heavy atom. The number of carbonyl (C=O) groups excluding carboxylic acids is 1. The number of amides is 1. The topological polar surface area (TPSA) is 32.8 Å². The third-order valence-electron chi connectivity index (χ3n) is 4.58. The monoisotopic (exact) mass is 392 g/mol. The first-order valence-electron chi connectivity index (χ1n) is 8.62. The zero-order valence-corrected chi connectivity index (χ0v) is 16.5. The van der Waals surface area contributed by atoms with Crippen LogP contribution in [0.3, 0.4) is 0 Å². The van der Waals surface area contributed by atoms with Gasteiger partial charge in [-0.25, -0.2) is 0 Å². The average molecular weight is 393 g/mol. The van der Waals surface area contributed by atoms with Crippen molar-refractivity contribution in [2.24, 2.45) is 0 Å². The van der Waals surface area contributed by atoms with Crippen LogP contribution in [-0.4, -0.2) is 43.6 Å². The van der Waals surface area contributed by atoms with Gasteiger partial charge in [0.05, 0.1) is 0 Å². The minimum atomic E-state index is 0.000926. The van der Waals surface area contributed by atoms with Crippen LogP contribution in [0, 0.1) is 13.8 Å². The summed E-state index contributed by atoms with van der Waals surface area (Å²) in [6.45, 7) is 6.81.